The third-order valence-electron chi connectivity index (χ3n) is 13.2. The Balaban J connectivity index is 0.792. The van der Waals surface area contributed by atoms with E-state index in [0.717, 1.165) is 51.3 Å². The Morgan fingerprint density at radius 2 is 1.68 bits per heavy atom. The number of piperidine rings is 1. The average molecular weight is 793 g/mol. The molecule has 298 valence electrons. The first-order chi connectivity index (χ1) is 27.1. The zero-order valence-corrected chi connectivity index (χ0v) is 33.5. The normalized spacial score (nSPS) is 27.8. The van der Waals surface area contributed by atoms with Crippen molar-refractivity contribution in [3.05, 3.63) is 93.5 Å². The summed E-state index contributed by atoms with van der Waals surface area (Å²) >= 11 is 6.25. The number of hydrogen-bond acceptors (Lipinski definition) is 9. The number of benzene rings is 3. The molecular formula is C44H49ClN6O6. The smallest absolute Gasteiger partial charge is 0.257 e. The lowest BCUT2D eigenvalue weighted by molar-refractivity contribution is -0.164. The van der Waals surface area contributed by atoms with Crippen LogP contribution in [0.2, 0.25) is 5.02 Å². The first-order valence-corrected chi connectivity index (χ1v) is 20.3. The highest BCUT2D eigenvalue weighted by molar-refractivity contribution is 6.31. The Hall–Kier alpha value is -4.96. The van der Waals surface area contributed by atoms with Crippen molar-refractivity contribution in [2.75, 3.05) is 37.6 Å². The fraction of sp³-hybridized carbons (Fsp3) is 0.477. The number of nitriles is 1. The molecule has 57 heavy (non-hydrogen) atoms. The van der Waals surface area contributed by atoms with E-state index in [9.17, 15) is 29.5 Å². The Bertz CT molecular complexity index is 2140. The molecule has 2 atom stereocenters. The van der Waals surface area contributed by atoms with Crippen molar-refractivity contribution in [1.29, 1.82) is 5.26 Å². The number of anilines is 1. The van der Waals surface area contributed by atoms with Crippen molar-refractivity contribution in [2.24, 2.45) is 16.7 Å². The first kappa shape index (κ1) is 38.9. The van der Waals surface area contributed by atoms with E-state index >= 15 is 0 Å². The van der Waals surface area contributed by atoms with Gasteiger partial charge < -0.3 is 20.1 Å². The van der Waals surface area contributed by atoms with E-state index in [4.69, 9.17) is 16.3 Å². The molecule has 4 fully saturated rings. The number of nitrogens with one attached hydrogen (secondary N) is 2. The number of fused-ring (bicyclic) bond motifs is 1. The SMILES string of the molecule is CC1(C)[C@H](NC(=O)c2ccc([C@H]3C[C@H](CN4CCN(c5ccc6c(c5)C(O)N(C5CCC(=O)NC5=O)C6=O)CC4)C3)cc2)C(C)(C)[C@H]1Oc1ccc(C#N)c(Cl)c1. The lowest BCUT2D eigenvalue weighted by Crippen LogP contribution is -2.74. The molecule has 0 aromatic heterocycles. The maximum absolute atomic E-state index is 13.5. The Morgan fingerprint density at radius 3 is 2.33 bits per heavy atom. The van der Waals surface area contributed by atoms with Crippen LogP contribution in [0, 0.1) is 28.1 Å². The number of hydrogen-bond donors (Lipinski definition) is 3. The minimum absolute atomic E-state index is 0.100. The molecule has 0 spiro atoms. The minimum atomic E-state index is -1.23. The third-order valence-corrected chi connectivity index (χ3v) is 13.5. The van der Waals surface area contributed by atoms with Gasteiger partial charge in [0.2, 0.25) is 11.8 Å². The van der Waals surface area contributed by atoms with Gasteiger partial charge in [0.15, 0.2) is 6.23 Å². The van der Waals surface area contributed by atoms with Crippen LogP contribution < -0.4 is 20.3 Å². The number of aliphatic hydroxyl groups is 1. The molecule has 3 aromatic rings. The summed E-state index contributed by atoms with van der Waals surface area (Å²) in [5.41, 5.74) is 3.44. The van der Waals surface area contributed by atoms with E-state index in [0.29, 0.717) is 44.9 Å². The standard InChI is InChI=1S/C44H49ClN6O6/c1-43(2)41(44(3,4)42(43)57-31-11-9-28(23-46)34(45)22-31)48-37(53)27-7-5-26(6-8-27)29-19-25(20-29)24-49-15-17-50(18-16-49)30-10-12-32-33(21-30)40(56)51(39(32)55)35-13-14-36(52)47-38(35)54/h5-12,21-22,25,29,35,40-42,56H,13-20,24H2,1-4H3,(H,48,53)(H,47,52,54)/t25-,29-,35?,40?,41-,42-. The van der Waals surface area contributed by atoms with Gasteiger partial charge in [-0.1, -0.05) is 51.4 Å². The van der Waals surface area contributed by atoms with Crippen LogP contribution in [0.15, 0.2) is 60.7 Å². The molecule has 3 N–H and O–H groups in total. The lowest BCUT2D eigenvalue weighted by atomic mass is 9.49. The summed E-state index contributed by atoms with van der Waals surface area (Å²) in [5, 5.41) is 26.2. The molecule has 2 unspecified atom stereocenters. The summed E-state index contributed by atoms with van der Waals surface area (Å²) in [4.78, 5) is 56.7. The predicted octanol–water partition coefficient (Wildman–Crippen LogP) is 5.39. The molecule has 4 amide bonds. The molecular weight excluding hydrogens is 744 g/mol. The second-order valence-electron chi connectivity index (χ2n) is 17.6. The van der Waals surface area contributed by atoms with Crippen LogP contribution in [-0.2, 0) is 9.59 Å². The van der Waals surface area contributed by atoms with Gasteiger partial charge in [-0.2, -0.15) is 5.26 Å². The summed E-state index contributed by atoms with van der Waals surface area (Å²) in [6.07, 6.45) is 1.14. The average Bonchev–Trinajstić information content (AvgIpc) is 3.42. The topological polar surface area (TPSA) is 155 Å². The van der Waals surface area contributed by atoms with Crippen LogP contribution >= 0.6 is 11.6 Å². The molecule has 2 aliphatic carbocycles. The maximum atomic E-state index is 13.5. The van der Waals surface area contributed by atoms with Crippen molar-refractivity contribution in [1.82, 2.24) is 20.4 Å². The number of imide groups is 1. The van der Waals surface area contributed by atoms with E-state index in [2.05, 4.69) is 66.3 Å². The van der Waals surface area contributed by atoms with Gasteiger partial charge in [-0.3, -0.25) is 34.3 Å². The number of carbonyl (C=O) groups is 4. The number of rotatable bonds is 9. The van der Waals surface area contributed by atoms with E-state index in [1.165, 1.54) is 10.5 Å². The molecule has 3 aromatic carbocycles. The van der Waals surface area contributed by atoms with Crippen LogP contribution in [0.5, 0.6) is 5.75 Å². The number of amides is 4. The number of ether oxygens (including phenoxy) is 1. The van der Waals surface area contributed by atoms with E-state index in [1.807, 2.05) is 24.3 Å². The van der Waals surface area contributed by atoms with Gasteiger partial charge in [-0.15, -0.1) is 0 Å². The van der Waals surface area contributed by atoms with Gasteiger partial charge in [0, 0.05) is 84.5 Å². The van der Waals surface area contributed by atoms with Crippen LogP contribution in [-0.4, -0.2) is 89.4 Å². The summed E-state index contributed by atoms with van der Waals surface area (Å²) < 4.78 is 6.38. The number of carbonyl (C=O) groups excluding carboxylic acids is 4. The molecule has 3 aliphatic heterocycles. The Morgan fingerprint density at radius 1 is 0.982 bits per heavy atom. The molecule has 3 heterocycles. The molecule has 2 saturated carbocycles. The quantitative estimate of drug-likeness (QED) is 0.242. The third kappa shape index (κ3) is 7.04. The lowest BCUT2D eigenvalue weighted by Gasteiger charge is -2.63. The summed E-state index contributed by atoms with van der Waals surface area (Å²) in [6.45, 7) is 12.9. The molecule has 0 bridgehead atoms. The van der Waals surface area contributed by atoms with Crippen LogP contribution in [0.4, 0.5) is 5.69 Å². The number of halogens is 1. The van der Waals surface area contributed by atoms with Gasteiger partial charge >= 0.3 is 0 Å². The molecule has 8 rings (SSSR count). The Kier molecular flexibility index (Phi) is 10.1. The van der Waals surface area contributed by atoms with Crippen molar-refractivity contribution < 1.29 is 29.0 Å². The molecule has 12 nitrogen and oxygen atoms in total. The molecule has 2 saturated heterocycles. The second-order valence-corrected chi connectivity index (χ2v) is 18.0. The van der Waals surface area contributed by atoms with E-state index in [1.54, 1.807) is 24.3 Å². The summed E-state index contributed by atoms with van der Waals surface area (Å²) in [5.74, 6) is 0.286. The number of nitrogens with zero attached hydrogens (tertiary/aromatic N) is 4. The van der Waals surface area contributed by atoms with Gasteiger partial charge in [0.25, 0.3) is 11.8 Å². The van der Waals surface area contributed by atoms with Gasteiger partial charge in [-0.05, 0) is 79.1 Å². The summed E-state index contributed by atoms with van der Waals surface area (Å²) in [7, 11) is 0. The van der Waals surface area contributed by atoms with Crippen molar-refractivity contribution in [3.63, 3.8) is 0 Å². The largest absolute Gasteiger partial charge is 0.489 e. The predicted molar refractivity (Wildman–Crippen MR) is 214 cm³/mol. The first-order valence-electron chi connectivity index (χ1n) is 19.9. The zero-order chi connectivity index (χ0) is 40.4. The van der Waals surface area contributed by atoms with E-state index < -0.39 is 24.1 Å². The van der Waals surface area contributed by atoms with Gasteiger partial charge in [0.1, 0.15) is 24.0 Å². The molecule has 0 radical (unpaired) electrons. The zero-order valence-electron chi connectivity index (χ0n) is 32.8. The van der Waals surface area contributed by atoms with Crippen LogP contribution in [0.25, 0.3) is 0 Å². The number of aliphatic hydroxyl groups excluding tert-OH is 1. The van der Waals surface area contributed by atoms with Crippen molar-refractivity contribution >= 4 is 40.9 Å². The molecule has 13 heteroatoms. The summed E-state index contributed by atoms with van der Waals surface area (Å²) in [6, 6.07) is 19.7. The van der Waals surface area contributed by atoms with Crippen molar-refractivity contribution in [3.8, 4) is 11.8 Å². The highest BCUT2D eigenvalue weighted by atomic mass is 35.5. The van der Waals surface area contributed by atoms with Crippen LogP contribution in [0.3, 0.4) is 0 Å². The maximum Gasteiger partial charge on any atom is 0.257 e. The fourth-order valence-electron chi connectivity index (χ4n) is 10.2. The van der Waals surface area contributed by atoms with Gasteiger partial charge in [0.05, 0.1) is 10.6 Å². The fourth-order valence-corrected chi connectivity index (χ4v) is 10.5. The van der Waals surface area contributed by atoms with Crippen molar-refractivity contribution in [2.45, 2.75) is 83.7 Å². The monoisotopic (exact) mass is 792 g/mol. The molecule has 5 aliphatic rings. The van der Waals surface area contributed by atoms with E-state index in [-0.39, 0.29) is 47.6 Å². The van der Waals surface area contributed by atoms with Gasteiger partial charge in [-0.25, -0.2) is 0 Å². The highest BCUT2D eigenvalue weighted by Crippen LogP contribution is 2.55. The highest BCUT2D eigenvalue weighted by Gasteiger charge is 2.64. The minimum Gasteiger partial charge on any atom is -0.489 e. The van der Waals surface area contributed by atoms with Crippen LogP contribution in [0.1, 0.15) is 103 Å². The second kappa shape index (κ2) is 14.8. The Labute approximate surface area is 338 Å². The number of piperazine rings is 1.